The lowest BCUT2D eigenvalue weighted by atomic mass is 9.98. The number of halogens is 1. The summed E-state index contributed by atoms with van der Waals surface area (Å²) in [5.74, 6) is -0.126. The highest BCUT2D eigenvalue weighted by atomic mass is 79.9. The number of carbonyl (C=O) groups is 1. The van der Waals surface area contributed by atoms with Crippen LogP contribution in [0.15, 0.2) is 34.9 Å². The molecule has 0 aliphatic carbocycles. The van der Waals surface area contributed by atoms with E-state index < -0.39 is 5.97 Å². The van der Waals surface area contributed by atoms with Gasteiger partial charge < -0.3 is 10.0 Å². The van der Waals surface area contributed by atoms with Gasteiger partial charge in [0.2, 0.25) is 0 Å². The van der Waals surface area contributed by atoms with E-state index in [-0.39, 0.29) is 5.92 Å². The highest BCUT2D eigenvalue weighted by molar-refractivity contribution is 9.10. The van der Waals surface area contributed by atoms with Crippen LogP contribution in [0.2, 0.25) is 0 Å². The Hall–Kier alpha value is -1.62. The Balaban J connectivity index is 2.02. The van der Waals surface area contributed by atoms with Crippen LogP contribution < -0.4 is 4.90 Å². The van der Waals surface area contributed by atoms with Gasteiger partial charge in [0.05, 0.1) is 5.92 Å². The van der Waals surface area contributed by atoms with Crippen LogP contribution in [0.4, 0.5) is 5.82 Å². The molecular formula is C15H15BrN2O2. The molecule has 1 aromatic heterocycles. The first-order chi connectivity index (χ1) is 9.66. The predicted octanol–water partition coefficient (Wildman–Crippen LogP) is 3.30. The molecule has 0 bridgehead atoms. The fourth-order valence-electron chi connectivity index (χ4n) is 2.78. The van der Waals surface area contributed by atoms with E-state index in [4.69, 9.17) is 0 Å². The molecule has 1 atom stereocenters. The quantitative estimate of drug-likeness (QED) is 0.915. The Bertz CT molecular complexity index is 659. The number of hydrogen-bond donors (Lipinski definition) is 1. The molecular weight excluding hydrogens is 320 g/mol. The normalized spacial score (nSPS) is 19.2. The summed E-state index contributed by atoms with van der Waals surface area (Å²) in [4.78, 5) is 17.8. The molecule has 3 rings (SSSR count). The van der Waals surface area contributed by atoms with Crippen LogP contribution in [0.3, 0.4) is 0 Å². The van der Waals surface area contributed by atoms with E-state index in [0.29, 0.717) is 6.54 Å². The van der Waals surface area contributed by atoms with Crippen molar-refractivity contribution in [3.05, 3.63) is 34.9 Å². The molecule has 1 aliphatic heterocycles. The van der Waals surface area contributed by atoms with Crippen LogP contribution in [0.5, 0.6) is 0 Å². The first-order valence-corrected chi connectivity index (χ1v) is 7.47. The van der Waals surface area contributed by atoms with Gasteiger partial charge in [-0.2, -0.15) is 0 Å². The number of fused-ring (bicyclic) bond motifs is 1. The van der Waals surface area contributed by atoms with Crippen molar-refractivity contribution in [1.82, 2.24) is 4.98 Å². The SMILES string of the molecule is O=C(O)C1CCCN(c2nccc3c(Br)cccc23)C1. The minimum atomic E-state index is -0.712. The lowest BCUT2D eigenvalue weighted by Gasteiger charge is -2.32. The third kappa shape index (κ3) is 2.38. The topological polar surface area (TPSA) is 53.4 Å². The number of rotatable bonds is 2. The van der Waals surface area contributed by atoms with E-state index in [0.717, 1.165) is 40.4 Å². The highest BCUT2D eigenvalue weighted by Gasteiger charge is 2.26. The Morgan fingerprint density at radius 1 is 1.35 bits per heavy atom. The summed E-state index contributed by atoms with van der Waals surface area (Å²) >= 11 is 3.55. The van der Waals surface area contributed by atoms with Crippen molar-refractivity contribution in [3.8, 4) is 0 Å². The number of benzene rings is 1. The maximum atomic E-state index is 11.2. The summed E-state index contributed by atoms with van der Waals surface area (Å²) in [6, 6.07) is 7.99. The molecule has 20 heavy (non-hydrogen) atoms. The Kier molecular flexibility index (Phi) is 3.61. The van der Waals surface area contributed by atoms with E-state index in [1.165, 1.54) is 0 Å². The average molecular weight is 335 g/mol. The smallest absolute Gasteiger partial charge is 0.308 e. The molecule has 1 fully saturated rings. The van der Waals surface area contributed by atoms with Crippen LogP contribution in [-0.2, 0) is 4.79 Å². The van der Waals surface area contributed by atoms with Gasteiger partial charge in [0.1, 0.15) is 5.82 Å². The largest absolute Gasteiger partial charge is 0.481 e. The fourth-order valence-corrected chi connectivity index (χ4v) is 3.27. The standard InChI is InChI=1S/C15H15BrN2O2/c16-13-5-1-4-12-11(13)6-7-17-14(12)18-8-2-3-10(9-18)15(19)20/h1,4-7,10H,2-3,8-9H2,(H,19,20). The molecule has 1 unspecified atom stereocenters. The highest BCUT2D eigenvalue weighted by Crippen LogP contribution is 2.31. The number of aliphatic carboxylic acids is 1. The molecule has 2 aromatic rings. The average Bonchev–Trinajstić information content (AvgIpc) is 2.47. The molecule has 0 saturated carbocycles. The van der Waals surface area contributed by atoms with Gasteiger partial charge in [0.15, 0.2) is 0 Å². The van der Waals surface area contributed by atoms with Crippen molar-refractivity contribution in [2.45, 2.75) is 12.8 Å². The molecule has 2 heterocycles. The van der Waals surface area contributed by atoms with Crippen LogP contribution in [0.25, 0.3) is 10.8 Å². The number of aromatic nitrogens is 1. The fraction of sp³-hybridized carbons (Fsp3) is 0.333. The summed E-state index contributed by atoms with van der Waals surface area (Å²) < 4.78 is 1.03. The molecule has 1 aromatic carbocycles. The Morgan fingerprint density at radius 3 is 3.00 bits per heavy atom. The van der Waals surface area contributed by atoms with E-state index >= 15 is 0 Å². The molecule has 0 spiro atoms. The molecule has 4 nitrogen and oxygen atoms in total. The maximum Gasteiger partial charge on any atom is 0.308 e. The van der Waals surface area contributed by atoms with Gasteiger partial charge in [0.25, 0.3) is 0 Å². The van der Waals surface area contributed by atoms with Gasteiger partial charge in [-0.1, -0.05) is 28.1 Å². The first kappa shape index (κ1) is 13.4. The number of anilines is 1. The monoisotopic (exact) mass is 334 g/mol. The lowest BCUT2D eigenvalue weighted by Crippen LogP contribution is -2.39. The van der Waals surface area contributed by atoms with E-state index in [1.54, 1.807) is 6.20 Å². The summed E-state index contributed by atoms with van der Waals surface area (Å²) in [5.41, 5.74) is 0. The minimum Gasteiger partial charge on any atom is -0.481 e. The number of carboxylic acids is 1. The third-order valence-electron chi connectivity index (χ3n) is 3.80. The summed E-state index contributed by atoms with van der Waals surface area (Å²) in [7, 11) is 0. The van der Waals surface area contributed by atoms with Crippen molar-refractivity contribution in [3.63, 3.8) is 0 Å². The Labute approximate surface area is 125 Å². The second kappa shape index (κ2) is 5.40. The minimum absolute atomic E-state index is 0.298. The number of nitrogens with zero attached hydrogens (tertiary/aromatic N) is 2. The molecule has 1 N–H and O–H groups in total. The van der Waals surface area contributed by atoms with Crippen LogP contribution >= 0.6 is 15.9 Å². The van der Waals surface area contributed by atoms with Gasteiger partial charge in [0, 0.05) is 34.5 Å². The molecule has 5 heteroatoms. The zero-order valence-corrected chi connectivity index (χ0v) is 12.5. The van der Waals surface area contributed by atoms with Crippen LogP contribution in [-0.4, -0.2) is 29.1 Å². The molecule has 1 aliphatic rings. The zero-order chi connectivity index (χ0) is 14.1. The van der Waals surface area contributed by atoms with Crippen LogP contribution in [0, 0.1) is 5.92 Å². The Morgan fingerprint density at radius 2 is 2.20 bits per heavy atom. The van der Waals surface area contributed by atoms with Crippen molar-refractivity contribution in [2.24, 2.45) is 5.92 Å². The van der Waals surface area contributed by atoms with Gasteiger partial charge in [-0.3, -0.25) is 4.79 Å². The third-order valence-corrected chi connectivity index (χ3v) is 4.49. The number of carboxylic acid groups (broad SMARTS) is 1. The van der Waals surface area contributed by atoms with E-state index in [1.807, 2.05) is 24.3 Å². The predicted molar refractivity (Wildman–Crippen MR) is 82.0 cm³/mol. The lowest BCUT2D eigenvalue weighted by molar-refractivity contribution is -0.141. The number of hydrogen-bond acceptors (Lipinski definition) is 3. The van der Waals surface area contributed by atoms with Crippen molar-refractivity contribution in [1.29, 1.82) is 0 Å². The number of pyridine rings is 1. The maximum absolute atomic E-state index is 11.2. The van der Waals surface area contributed by atoms with E-state index in [2.05, 4.69) is 25.8 Å². The van der Waals surface area contributed by atoms with Crippen molar-refractivity contribution >= 4 is 38.5 Å². The summed E-state index contributed by atoms with van der Waals surface area (Å²) in [5, 5.41) is 11.4. The zero-order valence-electron chi connectivity index (χ0n) is 10.9. The first-order valence-electron chi connectivity index (χ1n) is 6.68. The van der Waals surface area contributed by atoms with Gasteiger partial charge in [-0.05, 0) is 25.0 Å². The summed E-state index contributed by atoms with van der Waals surface area (Å²) in [6.45, 7) is 1.40. The molecule has 0 radical (unpaired) electrons. The molecule has 0 amide bonds. The van der Waals surface area contributed by atoms with E-state index in [9.17, 15) is 9.90 Å². The number of piperidine rings is 1. The summed E-state index contributed by atoms with van der Waals surface area (Å²) in [6.07, 6.45) is 3.43. The van der Waals surface area contributed by atoms with Crippen molar-refractivity contribution in [2.75, 3.05) is 18.0 Å². The van der Waals surface area contributed by atoms with Crippen LogP contribution in [0.1, 0.15) is 12.8 Å². The molecule has 1 saturated heterocycles. The second-order valence-corrected chi connectivity index (χ2v) is 5.95. The molecule has 104 valence electrons. The van der Waals surface area contributed by atoms with Gasteiger partial charge in [-0.15, -0.1) is 0 Å². The van der Waals surface area contributed by atoms with Gasteiger partial charge >= 0.3 is 5.97 Å². The van der Waals surface area contributed by atoms with Gasteiger partial charge in [-0.25, -0.2) is 4.98 Å². The van der Waals surface area contributed by atoms with Crippen molar-refractivity contribution < 1.29 is 9.90 Å². The second-order valence-electron chi connectivity index (χ2n) is 5.09.